The maximum Gasteiger partial charge on any atom is 0.416 e. The van der Waals surface area contributed by atoms with Crippen LogP contribution in [0.1, 0.15) is 79.3 Å². The molecule has 1 amide bonds. The quantitative estimate of drug-likeness (QED) is 0.316. The summed E-state index contributed by atoms with van der Waals surface area (Å²) >= 11 is 0. The lowest BCUT2D eigenvalue weighted by molar-refractivity contribution is -0.143. The van der Waals surface area contributed by atoms with Crippen LogP contribution in [0.15, 0.2) is 30.3 Å². The molecule has 0 spiro atoms. The van der Waals surface area contributed by atoms with E-state index in [1.54, 1.807) is 0 Å². The van der Waals surface area contributed by atoms with Crippen molar-refractivity contribution >= 4 is 6.09 Å². The molecule has 0 aromatic heterocycles. The summed E-state index contributed by atoms with van der Waals surface area (Å²) in [5, 5.41) is 2.54. The van der Waals surface area contributed by atoms with Gasteiger partial charge in [0, 0.05) is 12.1 Å². The van der Waals surface area contributed by atoms with Gasteiger partial charge in [0.1, 0.15) is 12.4 Å². The van der Waals surface area contributed by atoms with Crippen LogP contribution in [-0.2, 0) is 43.1 Å². The third-order valence-electron chi connectivity index (χ3n) is 6.23. The Labute approximate surface area is 212 Å². The molecular weight excluding hydrogens is 500 g/mol. The molecule has 0 saturated carbocycles. The molecule has 0 radical (unpaired) electrons. The standard InChI is InChI=1S/C27H31F6NO3/c1-3-6-23(7-4-2)37-24-13-19-9-5-8-18(19)12-20(24)15-34-25(35)36-16-17-10-21(26(28,29)30)14-22(11-17)27(31,32)33/h10-14,23H,3-9,15-16H2,1-2H3,(H,34,35). The Morgan fingerprint density at radius 1 is 0.892 bits per heavy atom. The van der Waals surface area contributed by atoms with Gasteiger partial charge < -0.3 is 14.8 Å². The number of fused-ring (bicyclic) bond motifs is 1. The van der Waals surface area contributed by atoms with Crippen LogP contribution in [-0.4, -0.2) is 12.2 Å². The second kappa shape index (κ2) is 12.1. The van der Waals surface area contributed by atoms with E-state index in [1.807, 2.05) is 12.1 Å². The summed E-state index contributed by atoms with van der Waals surface area (Å²) in [6.07, 6.45) is -4.30. The molecule has 37 heavy (non-hydrogen) atoms. The maximum absolute atomic E-state index is 13.1. The molecule has 204 valence electrons. The molecule has 2 aromatic carbocycles. The molecule has 0 fully saturated rings. The highest BCUT2D eigenvalue weighted by atomic mass is 19.4. The first-order valence-corrected chi connectivity index (χ1v) is 12.4. The summed E-state index contributed by atoms with van der Waals surface area (Å²) in [5.74, 6) is 0.667. The number of nitrogens with one attached hydrogen (secondary N) is 1. The zero-order chi connectivity index (χ0) is 27.2. The fourth-order valence-electron chi connectivity index (χ4n) is 4.46. The van der Waals surface area contributed by atoms with Crippen LogP contribution >= 0.6 is 0 Å². The van der Waals surface area contributed by atoms with Crippen molar-refractivity contribution in [2.24, 2.45) is 0 Å². The average Bonchev–Trinajstić information content (AvgIpc) is 3.27. The van der Waals surface area contributed by atoms with Gasteiger partial charge in [-0.15, -0.1) is 0 Å². The predicted octanol–water partition coefficient (Wildman–Crippen LogP) is 7.99. The lowest BCUT2D eigenvalue weighted by atomic mass is 10.0. The second-order valence-electron chi connectivity index (χ2n) is 9.24. The molecule has 1 aliphatic rings. The highest BCUT2D eigenvalue weighted by molar-refractivity contribution is 5.67. The van der Waals surface area contributed by atoms with Gasteiger partial charge in [0.05, 0.1) is 17.2 Å². The van der Waals surface area contributed by atoms with Crippen LogP contribution in [0.25, 0.3) is 0 Å². The van der Waals surface area contributed by atoms with Gasteiger partial charge in [-0.3, -0.25) is 0 Å². The summed E-state index contributed by atoms with van der Waals surface area (Å²) in [5.41, 5.74) is -0.221. The summed E-state index contributed by atoms with van der Waals surface area (Å²) in [6.45, 7) is 3.45. The molecule has 1 N–H and O–H groups in total. The Kier molecular flexibility index (Phi) is 9.36. The number of halogens is 6. The van der Waals surface area contributed by atoms with E-state index >= 15 is 0 Å². The topological polar surface area (TPSA) is 47.6 Å². The number of benzene rings is 2. The molecule has 0 saturated heterocycles. The van der Waals surface area contributed by atoms with Crippen molar-refractivity contribution in [3.05, 3.63) is 63.7 Å². The van der Waals surface area contributed by atoms with Crippen molar-refractivity contribution in [2.75, 3.05) is 0 Å². The highest BCUT2D eigenvalue weighted by Gasteiger charge is 2.37. The van der Waals surface area contributed by atoms with Crippen molar-refractivity contribution < 1.29 is 40.6 Å². The molecule has 2 aromatic rings. The Morgan fingerprint density at radius 2 is 1.46 bits per heavy atom. The largest absolute Gasteiger partial charge is 0.490 e. The number of amides is 1. The van der Waals surface area contributed by atoms with Gasteiger partial charge in [0.15, 0.2) is 0 Å². The first kappa shape index (κ1) is 28.7. The number of carbonyl (C=O) groups is 1. The van der Waals surface area contributed by atoms with E-state index in [9.17, 15) is 31.1 Å². The summed E-state index contributed by atoms with van der Waals surface area (Å²) < 4.78 is 89.6. The van der Waals surface area contributed by atoms with Gasteiger partial charge in [-0.2, -0.15) is 26.3 Å². The number of aryl methyl sites for hydroxylation is 2. The van der Waals surface area contributed by atoms with E-state index in [2.05, 4.69) is 19.2 Å². The van der Waals surface area contributed by atoms with Crippen LogP contribution in [0.3, 0.4) is 0 Å². The van der Waals surface area contributed by atoms with Gasteiger partial charge in [0.25, 0.3) is 0 Å². The fraction of sp³-hybridized carbons (Fsp3) is 0.519. The minimum Gasteiger partial charge on any atom is -0.490 e. The molecule has 4 nitrogen and oxygen atoms in total. The van der Waals surface area contributed by atoms with Gasteiger partial charge in [-0.05, 0) is 73.1 Å². The molecule has 0 bridgehead atoms. The van der Waals surface area contributed by atoms with Gasteiger partial charge in [-0.1, -0.05) is 32.8 Å². The smallest absolute Gasteiger partial charge is 0.416 e. The Morgan fingerprint density at radius 3 is 2.00 bits per heavy atom. The normalized spacial score (nSPS) is 13.5. The lowest BCUT2D eigenvalue weighted by Gasteiger charge is -2.21. The fourth-order valence-corrected chi connectivity index (χ4v) is 4.46. The van der Waals surface area contributed by atoms with Gasteiger partial charge in [-0.25, -0.2) is 4.79 Å². The predicted molar refractivity (Wildman–Crippen MR) is 126 cm³/mol. The number of hydrogen-bond acceptors (Lipinski definition) is 3. The van der Waals surface area contributed by atoms with E-state index in [4.69, 9.17) is 9.47 Å². The summed E-state index contributed by atoms with van der Waals surface area (Å²) in [7, 11) is 0. The van der Waals surface area contributed by atoms with Crippen molar-refractivity contribution in [1.29, 1.82) is 0 Å². The third kappa shape index (κ3) is 8.04. The average molecular weight is 532 g/mol. The molecule has 3 rings (SSSR count). The van der Waals surface area contributed by atoms with Crippen molar-refractivity contribution in [3.63, 3.8) is 0 Å². The van der Waals surface area contributed by atoms with E-state index in [-0.39, 0.29) is 18.7 Å². The zero-order valence-corrected chi connectivity index (χ0v) is 20.8. The summed E-state index contributed by atoms with van der Waals surface area (Å²) in [6, 6.07) is 5.09. The zero-order valence-electron chi connectivity index (χ0n) is 20.8. The molecule has 1 aliphatic carbocycles. The highest BCUT2D eigenvalue weighted by Crippen LogP contribution is 2.36. The van der Waals surface area contributed by atoms with Gasteiger partial charge in [0.2, 0.25) is 0 Å². The molecule has 0 unspecified atom stereocenters. The monoisotopic (exact) mass is 531 g/mol. The van der Waals surface area contributed by atoms with Gasteiger partial charge >= 0.3 is 18.4 Å². The maximum atomic E-state index is 13.1. The Hall–Kier alpha value is -2.91. The van der Waals surface area contributed by atoms with E-state index in [0.717, 1.165) is 50.5 Å². The number of alkyl halides is 6. The number of carbonyl (C=O) groups excluding carboxylic acids is 1. The number of alkyl carbamates (subject to hydrolysis) is 1. The van der Waals surface area contributed by atoms with Crippen molar-refractivity contribution in [2.45, 2.75) is 90.4 Å². The third-order valence-corrected chi connectivity index (χ3v) is 6.23. The first-order valence-electron chi connectivity index (χ1n) is 12.4. The molecule has 0 heterocycles. The van der Waals surface area contributed by atoms with Crippen molar-refractivity contribution in [1.82, 2.24) is 5.32 Å². The lowest BCUT2D eigenvalue weighted by Crippen LogP contribution is -2.25. The van der Waals surface area contributed by atoms with Crippen LogP contribution in [0, 0.1) is 0 Å². The van der Waals surface area contributed by atoms with E-state index in [0.29, 0.717) is 17.9 Å². The minimum atomic E-state index is -4.98. The van der Waals surface area contributed by atoms with Crippen LogP contribution in [0.5, 0.6) is 5.75 Å². The van der Waals surface area contributed by atoms with Crippen molar-refractivity contribution in [3.8, 4) is 5.75 Å². The number of hydrogen-bond donors (Lipinski definition) is 1. The van der Waals surface area contributed by atoms with Crippen LogP contribution in [0.2, 0.25) is 0 Å². The Bertz CT molecular complexity index is 1040. The number of rotatable bonds is 10. The molecule has 0 aliphatic heterocycles. The van der Waals surface area contributed by atoms with Crippen LogP contribution < -0.4 is 10.1 Å². The number of ether oxygens (including phenoxy) is 2. The summed E-state index contributed by atoms with van der Waals surface area (Å²) in [4.78, 5) is 12.3. The minimum absolute atomic E-state index is 0.0310. The molecule has 0 atom stereocenters. The molecule has 10 heteroatoms. The van der Waals surface area contributed by atoms with E-state index in [1.165, 1.54) is 11.1 Å². The molecular formula is C27H31F6NO3. The van der Waals surface area contributed by atoms with E-state index < -0.39 is 41.7 Å². The van der Waals surface area contributed by atoms with Crippen LogP contribution in [0.4, 0.5) is 31.1 Å². The Balaban J connectivity index is 1.70. The SMILES string of the molecule is CCCC(CCC)Oc1cc2c(cc1CNC(=O)OCc1cc(C(F)(F)F)cc(C(F)(F)F)c1)CCC2. The first-order chi connectivity index (χ1) is 17.4. The second-order valence-corrected chi connectivity index (χ2v) is 9.24.